The normalized spacial score (nSPS) is 11.3. The van der Waals surface area contributed by atoms with Crippen LogP contribution in [0.25, 0.3) is 78.4 Å². The average molecular weight is 632 g/mol. The summed E-state index contributed by atoms with van der Waals surface area (Å²) in [6.45, 7) is 0. The second-order valence-electron chi connectivity index (χ2n) is 10.5. The molecule has 0 unspecified atom stereocenters. The summed E-state index contributed by atoms with van der Waals surface area (Å²) in [5.41, 5.74) is 8.62. The smallest absolute Gasteiger partial charge is 0.167 e. The molecule has 0 bridgehead atoms. The zero-order chi connectivity index (χ0) is 29.5. The molecule has 0 fully saturated rings. The summed E-state index contributed by atoms with van der Waals surface area (Å²) in [7, 11) is 0. The third-order valence-corrected chi connectivity index (χ3v) is 8.16. The maximum Gasteiger partial charge on any atom is 0.167 e. The van der Waals surface area contributed by atoms with E-state index in [1.807, 2.05) is 91.3 Å². The SMILES string of the molecule is Brc1cc(-c2ccc(-c3ccncc3)cc2)cc(-c2nc(-c3ccccc3)nc(-c3cccc4c3oc3ccccc34)n2)c1. The van der Waals surface area contributed by atoms with Crippen molar-refractivity contribution in [1.82, 2.24) is 19.9 Å². The number of aromatic nitrogens is 4. The summed E-state index contributed by atoms with van der Waals surface area (Å²) in [4.78, 5) is 19.1. The lowest BCUT2D eigenvalue weighted by atomic mass is 9.99. The third-order valence-electron chi connectivity index (χ3n) is 7.70. The first-order valence-corrected chi connectivity index (χ1v) is 15.0. The van der Waals surface area contributed by atoms with Gasteiger partial charge in [0.2, 0.25) is 0 Å². The fourth-order valence-corrected chi connectivity index (χ4v) is 6.04. The zero-order valence-corrected chi connectivity index (χ0v) is 24.9. The Morgan fingerprint density at radius 1 is 0.455 bits per heavy atom. The van der Waals surface area contributed by atoms with E-state index in [4.69, 9.17) is 19.4 Å². The van der Waals surface area contributed by atoms with Crippen LogP contribution in [0.5, 0.6) is 0 Å². The Kier molecular flexibility index (Phi) is 6.54. The summed E-state index contributed by atoms with van der Waals surface area (Å²) in [5.74, 6) is 1.74. The van der Waals surface area contributed by atoms with E-state index in [-0.39, 0.29) is 0 Å². The van der Waals surface area contributed by atoms with E-state index in [2.05, 4.69) is 69.4 Å². The van der Waals surface area contributed by atoms with Gasteiger partial charge in [-0.3, -0.25) is 4.98 Å². The van der Waals surface area contributed by atoms with Gasteiger partial charge in [-0.05, 0) is 64.7 Å². The second kappa shape index (κ2) is 11.0. The van der Waals surface area contributed by atoms with Gasteiger partial charge in [-0.2, -0.15) is 0 Å². The first kappa shape index (κ1) is 26.2. The van der Waals surface area contributed by atoms with Gasteiger partial charge in [0.05, 0.1) is 5.56 Å². The molecule has 0 N–H and O–H groups in total. The highest BCUT2D eigenvalue weighted by molar-refractivity contribution is 9.10. The van der Waals surface area contributed by atoms with Crippen molar-refractivity contribution < 1.29 is 4.42 Å². The van der Waals surface area contributed by atoms with Gasteiger partial charge in [0.1, 0.15) is 11.2 Å². The van der Waals surface area contributed by atoms with Gasteiger partial charge in [-0.15, -0.1) is 0 Å². The van der Waals surface area contributed by atoms with E-state index in [1.54, 1.807) is 0 Å². The Bertz CT molecular complexity index is 2280. The Hall–Kier alpha value is -5.46. The number of halogens is 1. The Morgan fingerprint density at radius 2 is 1.07 bits per heavy atom. The van der Waals surface area contributed by atoms with Crippen LogP contribution in [0.1, 0.15) is 0 Å². The van der Waals surface area contributed by atoms with E-state index in [1.165, 1.54) is 0 Å². The Balaban J connectivity index is 1.28. The lowest BCUT2D eigenvalue weighted by Crippen LogP contribution is -2.00. The highest BCUT2D eigenvalue weighted by Crippen LogP contribution is 2.36. The predicted octanol–water partition coefficient (Wildman–Crippen LogP) is 10.3. The first-order valence-electron chi connectivity index (χ1n) is 14.2. The predicted molar refractivity (Wildman–Crippen MR) is 180 cm³/mol. The molecule has 5 nitrogen and oxygen atoms in total. The number of nitrogens with zero attached hydrogens (tertiary/aromatic N) is 4. The van der Waals surface area contributed by atoms with Crippen LogP contribution < -0.4 is 0 Å². The first-order chi connectivity index (χ1) is 21.7. The maximum absolute atomic E-state index is 6.36. The van der Waals surface area contributed by atoms with Crippen LogP contribution in [-0.2, 0) is 0 Å². The Labute approximate surface area is 262 Å². The summed E-state index contributed by atoms with van der Waals surface area (Å²) in [5, 5.41) is 2.09. The van der Waals surface area contributed by atoms with Crippen LogP contribution in [-0.4, -0.2) is 19.9 Å². The van der Waals surface area contributed by atoms with Crippen molar-refractivity contribution in [2.75, 3.05) is 0 Å². The van der Waals surface area contributed by atoms with Crippen LogP contribution in [0.15, 0.2) is 149 Å². The lowest BCUT2D eigenvalue weighted by molar-refractivity contribution is 0.669. The molecule has 0 atom stereocenters. The topological polar surface area (TPSA) is 64.7 Å². The fourth-order valence-electron chi connectivity index (χ4n) is 5.55. The van der Waals surface area contributed by atoms with Gasteiger partial charge in [0.15, 0.2) is 17.5 Å². The molecule has 5 aromatic carbocycles. The quantitative estimate of drug-likeness (QED) is 0.189. The summed E-state index contributed by atoms with van der Waals surface area (Å²) >= 11 is 3.74. The minimum atomic E-state index is 0.557. The van der Waals surface area contributed by atoms with Crippen LogP contribution in [0, 0.1) is 0 Å². The van der Waals surface area contributed by atoms with Gasteiger partial charge in [-0.25, -0.2) is 15.0 Å². The van der Waals surface area contributed by atoms with Crippen molar-refractivity contribution >= 4 is 37.9 Å². The molecule has 8 aromatic rings. The van der Waals surface area contributed by atoms with Crippen molar-refractivity contribution in [3.63, 3.8) is 0 Å². The Morgan fingerprint density at radius 3 is 1.86 bits per heavy atom. The highest BCUT2D eigenvalue weighted by Gasteiger charge is 2.18. The molecule has 3 aromatic heterocycles. The van der Waals surface area contributed by atoms with Gasteiger partial charge in [0.25, 0.3) is 0 Å². The minimum Gasteiger partial charge on any atom is -0.455 e. The number of rotatable bonds is 5. The summed E-state index contributed by atoms with van der Waals surface area (Å²) in [6.07, 6.45) is 3.62. The second-order valence-corrected chi connectivity index (χ2v) is 11.4. The highest BCUT2D eigenvalue weighted by atomic mass is 79.9. The number of hydrogen-bond acceptors (Lipinski definition) is 5. The van der Waals surface area contributed by atoms with E-state index >= 15 is 0 Å². The number of fused-ring (bicyclic) bond motifs is 3. The van der Waals surface area contributed by atoms with E-state index < -0.39 is 0 Å². The third kappa shape index (κ3) is 4.85. The van der Waals surface area contributed by atoms with Crippen molar-refractivity contribution in [1.29, 1.82) is 0 Å². The van der Waals surface area contributed by atoms with Crippen LogP contribution in [0.2, 0.25) is 0 Å². The zero-order valence-electron chi connectivity index (χ0n) is 23.4. The molecule has 0 saturated heterocycles. The molecule has 0 amide bonds. The average Bonchev–Trinajstić information content (AvgIpc) is 3.48. The molecule has 0 radical (unpaired) electrons. The van der Waals surface area contributed by atoms with E-state index in [0.717, 1.165) is 65.4 Å². The molecular weight excluding hydrogens is 608 g/mol. The minimum absolute atomic E-state index is 0.557. The van der Waals surface area contributed by atoms with Crippen molar-refractivity contribution in [3.8, 4) is 56.4 Å². The molecule has 0 aliphatic heterocycles. The summed E-state index contributed by atoms with van der Waals surface area (Å²) in [6, 6.07) is 43.0. The maximum atomic E-state index is 6.36. The van der Waals surface area contributed by atoms with Crippen LogP contribution in [0.3, 0.4) is 0 Å². The monoisotopic (exact) mass is 630 g/mol. The largest absolute Gasteiger partial charge is 0.455 e. The molecule has 0 spiro atoms. The van der Waals surface area contributed by atoms with Crippen molar-refractivity contribution in [2.24, 2.45) is 0 Å². The lowest BCUT2D eigenvalue weighted by Gasteiger charge is -2.11. The number of para-hydroxylation sites is 2. The molecule has 6 heteroatoms. The van der Waals surface area contributed by atoms with Gasteiger partial charge >= 0.3 is 0 Å². The molecule has 0 aliphatic rings. The molecular formula is C38H23BrN4O. The molecule has 0 saturated carbocycles. The molecule has 0 aliphatic carbocycles. The van der Waals surface area contributed by atoms with Gasteiger partial charge in [0, 0.05) is 38.8 Å². The fraction of sp³-hybridized carbons (Fsp3) is 0. The van der Waals surface area contributed by atoms with Gasteiger partial charge < -0.3 is 4.42 Å². The number of pyridine rings is 1. The standard InChI is InChI=1S/C38H23BrN4O/c39-30-22-28(25-15-13-24(14-16-25)26-17-19-40-20-18-26)21-29(23-30)37-41-36(27-7-2-1-3-8-27)42-38(43-37)33-11-6-10-32-31-9-4-5-12-34(31)44-35(32)33/h1-23H. The van der Waals surface area contributed by atoms with Crippen molar-refractivity contribution in [3.05, 3.63) is 144 Å². The summed E-state index contributed by atoms with van der Waals surface area (Å²) < 4.78 is 7.29. The number of hydrogen-bond donors (Lipinski definition) is 0. The van der Waals surface area contributed by atoms with E-state index in [0.29, 0.717) is 17.5 Å². The van der Waals surface area contributed by atoms with Crippen LogP contribution in [0.4, 0.5) is 0 Å². The molecule has 3 heterocycles. The van der Waals surface area contributed by atoms with E-state index in [9.17, 15) is 0 Å². The molecule has 44 heavy (non-hydrogen) atoms. The number of benzene rings is 5. The van der Waals surface area contributed by atoms with Gasteiger partial charge in [-0.1, -0.05) is 101 Å². The molecule has 208 valence electrons. The molecule has 8 rings (SSSR count). The van der Waals surface area contributed by atoms with Crippen LogP contribution >= 0.6 is 15.9 Å². The number of furan rings is 1. The van der Waals surface area contributed by atoms with Crippen molar-refractivity contribution in [2.45, 2.75) is 0 Å².